The zero-order valence-corrected chi connectivity index (χ0v) is 12.7. The van der Waals surface area contributed by atoms with Crippen molar-refractivity contribution in [2.45, 2.75) is 18.7 Å². The Labute approximate surface area is 125 Å². The number of aromatic nitrogens is 2. The quantitative estimate of drug-likeness (QED) is 0.862. The smallest absolute Gasteiger partial charge is 0.243 e. The molecular weight excluding hydrogens is 298 g/mol. The largest absolute Gasteiger partial charge is 0.497 e. The molecular formula is C13H14ClN3O2S. The number of halogens is 1. The predicted octanol–water partition coefficient (Wildman–Crippen LogP) is 2.70. The van der Waals surface area contributed by atoms with Gasteiger partial charge in [0.1, 0.15) is 16.1 Å². The maximum Gasteiger partial charge on any atom is 0.243 e. The number of amides is 1. The van der Waals surface area contributed by atoms with E-state index >= 15 is 0 Å². The van der Waals surface area contributed by atoms with Crippen molar-refractivity contribution >= 4 is 34.0 Å². The molecule has 0 aliphatic heterocycles. The van der Waals surface area contributed by atoms with Gasteiger partial charge in [-0.05, 0) is 24.6 Å². The van der Waals surface area contributed by atoms with Crippen LogP contribution in [0.15, 0.2) is 24.3 Å². The molecule has 0 saturated carbocycles. The molecule has 0 bridgehead atoms. The van der Waals surface area contributed by atoms with E-state index in [4.69, 9.17) is 16.3 Å². The van der Waals surface area contributed by atoms with Gasteiger partial charge in [-0.15, -0.1) is 21.8 Å². The molecule has 2 aromatic rings. The summed E-state index contributed by atoms with van der Waals surface area (Å²) in [6.07, 6.45) is 0.661. The van der Waals surface area contributed by atoms with Gasteiger partial charge >= 0.3 is 0 Å². The Balaban J connectivity index is 1.99. The summed E-state index contributed by atoms with van der Waals surface area (Å²) in [5.74, 6) is 0.536. The molecule has 0 unspecified atom stereocenters. The summed E-state index contributed by atoms with van der Waals surface area (Å²) in [5, 5.41) is 11.3. The van der Waals surface area contributed by atoms with Crippen molar-refractivity contribution in [1.82, 2.24) is 10.2 Å². The summed E-state index contributed by atoms with van der Waals surface area (Å²) in [5.41, 5.74) is 1.10. The number of anilines is 1. The minimum Gasteiger partial charge on any atom is -0.497 e. The fourth-order valence-electron chi connectivity index (χ4n) is 1.50. The van der Waals surface area contributed by atoms with Crippen LogP contribution in [0.25, 0.3) is 0 Å². The Bertz CT molecular complexity index is 584. The van der Waals surface area contributed by atoms with Crippen LogP contribution in [-0.4, -0.2) is 28.6 Å². The summed E-state index contributed by atoms with van der Waals surface area (Å²) < 4.78 is 5.10. The minimum absolute atomic E-state index is 0.279. The average Bonchev–Trinajstić information content (AvgIpc) is 2.86. The second-order valence-corrected chi connectivity index (χ2v) is 5.85. The Kier molecular flexibility index (Phi) is 4.92. The van der Waals surface area contributed by atoms with Crippen LogP contribution in [0.1, 0.15) is 17.5 Å². The topological polar surface area (TPSA) is 64.1 Å². The minimum atomic E-state index is -0.594. The molecule has 0 aliphatic rings. The number of carbonyl (C=O) groups is 1. The first kappa shape index (κ1) is 14.7. The van der Waals surface area contributed by atoms with Crippen molar-refractivity contribution in [2.24, 2.45) is 0 Å². The second-order valence-electron chi connectivity index (χ2n) is 4.13. The van der Waals surface area contributed by atoms with Crippen LogP contribution in [0, 0.1) is 0 Å². The van der Waals surface area contributed by atoms with E-state index in [0.29, 0.717) is 11.6 Å². The van der Waals surface area contributed by atoms with Crippen LogP contribution >= 0.6 is 22.9 Å². The second kappa shape index (κ2) is 6.67. The van der Waals surface area contributed by atoms with Crippen molar-refractivity contribution in [3.63, 3.8) is 0 Å². The van der Waals surface area contributed by atoms with E-state index in [1.165, 1.54) is 11.3 Å². The Morgan fingerprint density at radius 1 is 1.40 bits per heavy atom. The first-order chi connectivity index (χ1) is 9.58. The number of nitrogens with zero attached hydrogens (tertiary/aromatic N) is 2. The third kappa shape index (κ3) is 3.91. The van der Waals surface area contributed by atoms with Gasteiger partial charge in [-0.2, -0.15) is 0 Å². The van der Waals surface area contributed by atoms with Crippen molar-refractivity contribution in [3.05, 3.63) is 34.8 Å². The molecule has 1 amide bonds. The molecule has 1 heterocycles. The maximum absolute atomic E-state index is 11.4. The lowest BCUT2D eigenvalue weighted by Crippen LogP contribution is -2.20. The van der Waals surface area contributed by atoms with Crippen LogP contribution in [0.5, 0.6) is 5.75 Å². The van der Waals surface area contributed by atoms with Crippen LogP contribution in [-0.2, 0) is 11.2 Å². The molecule has 5 nitrogen and oxygen atoms in total. The molecule has 0 spiro atoms. The molecule has 1 atom stereocenters. The van der Waals surface area contributed by atoms with Crippen LogP contribution < -0.4 is 10.1 Å². The molecule has 106 valence electrons. The van der Waals surface area contributed by atoms with Crippen LogP contribution in [0.3, 0.4) is 0 Å². The summed E-state index contributed by atoms with van der Waals surface area (Å²) in [6.45, 7) is 1.61. The van der Waals surface area contributed by atoms with E-state index < -0.39 is 5.38 Å². The standard InChI is InChI=1S/C13H14ClN3O2S/c1-8(14)12(18)15-13-17-16-11(20-13)7-9-3-5-10(19-2)6-4-9/h3-6,8H,7H2,1-2H3,(H,15,17,18)/t8-/m0/s1. The van der Waals surface area contributed by atoms with Crippen molar-refractivity contribution < 1.29 is 9.53 Å². The molecule has 1 aromatic carbocycles. The molecule has 1 aromatic heterocycles. The van der Waals surface area contributed by atoms with Gasteiger partial charge in [0.2, 0.25) is 11.0 Å². The zero-order valence-electron chi connectivity index (χ0n) is 11.1. The summed E-state index contributed by atoms with van der Waals surface area (Å²) in [6, 6.07) is 7.74. The summed E-state index contributed by atoms with van der Waals surface area (Å²) in [4.78, 5) is 11.4. The van der Waals surface area contributed by atoms with Crippen molar-refractivity contribution in [1.29, 1.82) is 0 Å². The zero-order chi connectivity index (χ0) is 14.5. The number of hydrogen-bond acceptors (Lipinski definition) is 5. The molecule has 0 saturated heterocycles. The Morgan fingerprint density at radius 3 is 2.70 bits per heavy atom. The summed E-state index contributed by atoms with van der Waals surface area (Å²) >= 11 is 7.02. The van der Waals surface area contributed by atoms with E-state index in [2.05, 4.69) is 15.5 Å². The third-order valence-electron chi connectivity index (χ3n) is 2.57. The van der Waals surface area contributed by atoms with Gasteiger partial charge in [0.25, 0.3) is 0 Å². The van der Waals surface area contributed by atoms with Gasteiger partial charge in [-0.25, -0.2) is 0 Å². The van der Waals surface area contributed by atoms with E-state index in [1.54, 1.807) is 14.0 Å². The molecule has 0 radical (unpaired) electrons. The highest BCUT2D eigenvalue weighted by Gasteiger charge is 2.12. The molecule has 7 heteroatoms. The fourth-order valence-corrected chi connectivity index (χ4v) is 2.33. The molecule has 1 N–H and O–H groups in total. The number of nitrogens with one attached hydrogen (secondary N) is 1. The van der Waals surface area contributed by atoms with E-state index in [1.807, 2.05) is 24.3 Å². The fraction of sp³-hybridized carbons (Fsp3) is 0.308. The average molecular weight is 312 g/mol. The number of alkyl halides is 1. The summed E-state index contributed by atoms with van der Waals surface area (Å²) in [7, 11) is 1.63. The first-order valence-corrected chi connectivity index (χ1v) is 7.24. The number of benzene rings is 1. The van der Waals surface area contributed by atoms with E-state index in [0.717, 1.165) is 16.3 Å². The number of carbonyl (C=O) groups excluding carboxylic acids is 1. The normalized spacial score (nSPS) is 11.9. The molecule has 2 rings (SSSR count). The monoisotopic (exact) mass is 311 g/mol. The predicted molar refractivity (Wildman–Crippen MR) is 79.7 cm³/mol. The van der Waals surface area contributed by atoms with Gasteiger partial charge in [-0.3, -0.25) is 10.1 Å². The Morgan fingerprint density at radius 2 is 2.10 bits per heavy atom. The molecule has 20 heavy (non-hydrogen) atoms. The van der Waals surface area contributed by atoms with Gasteiger partial charge in [-0.1, -0.05) is 23.5 Å². The third-order valence-corrected chi connectivity index (χ3v) is 3.61. The number of ether oxygens (including phenoxy) is 1. The van der Waals surface area contributed by atoms with Crippen molar-refractivity contribution in [3.8, 4) is 5.75 Å². The number of hydrogen-bond donors (Lipinski definition) is 1. The van der Waals surface area contributed by atoms with Gasteiger partial charge < -0.3 is 4.74 Å². The van der Waals surface area contributed by atoms with E-state index in [-0.39, 0.29) is 5.91 Å². The lowest BCUT2D eigenvalue weighted by Gasteiger charge is -2.01. The Hall–Kier alpha value is -1.66. The van der Waals surface area contributed by atoms with Gasteiger partial charge in [0.15, 0.2) is 0 Å². The first-order valence-electron chi connectivity index (χ1n) is 5.98. The highest BCUT2D eigenvalue weighted by atomic mass is 35.5. The lowest BCUT2D eigenvalue weighted by atomic mass is 10.1. The highest BCUT2D eigenvalue weighted by Crippen LogP contribution is 2.20. The number of rotatable bonds is 5. The van der Waals surface area contributed by atoms with Crippen molar-refractivity contribution in [2.75, 3.05) is 12.4 Å². The SMILES string of the molecule is COc1ccc(Cc2nnc(NC(=O)[C@H](C)Cl)s2)cc1. The molecule has 0 aliphatic carbocycles. The van der Waals surface area contributed by atoms with Crippen LogP contribution in [0.4, 0.5) is 5.13 Å². The van der Waals surface area contributed by atoms with E-state index in [9.17, 15) is 4.79 Å². The lowest BCUT2D eigenvalue weighted by molar-refractivity contribution is -0.115. The maximum atomic E-state index is 11.4. The highest BCUT2D eigenvalue weighted by molar-refractivity contribution is 7.15. The molecule has 0 fully saturated rings. The van der Waals surface area contributed by atoms with Gasteiger partial charge in [0, 0.05) is 6.42 Å². The van der Waals surface area contributed by atoms with Crippen LogP contribution in [0.2, 0.25) is 0 Å². The van der Waals surface area contributed by atoms with Gasteiger partial charge in [0.05, 0.1) is 7.11 Å². The number of methoxy groups -OCH3 is 1.